The predicted molar refractivity (Wildman–Crippen MR) is 115 cm³/mol. The van der Waals surface area contributed by atoms with Gasteiger partial charge in [0.05, 0.1) is 12.1 Å². The molecule has 148 valence electrons. The lowest BCUT2D eigenvalue weighted by Gasteiger charge is -2.07. The highest BCUT2D eigenvalue weighted by Crippen LogP contribution is 2.24. The molecular formula is C21H17N7OS. The van der Waals surface area contributed by atoms with Crippen molar-refractivity contribution in [3.05, 3.63) is 71.9 Å². The summed E-state index contributed by atoms with van der Waals surface area (Å²) < 4.78 is 3.57. The lowest BCUT2D eigenvalue weighted by atomic mass is 10.2. The third kappa shape index (κ3) is 3.46. The molecule has 0 bridgehead atoms. The molecule has 5 aromatic rings. The molecule has 8 nitrogen and oxygen atoms in total. The molecule has 0 saturated heterocycles. The van der Waals surface area contributed by atoms with Gasteiger partial charge in [-0.25, -0.2) is 9.67 Å². The van der Waals surface area contributed by atoms with Gasteiger partial charge in [-0.1, -0.05) is 42.5 Å². The maximum atomic E-state index is 12.7. The Balaban J connectivity index is 1.34. The first-order valence-corrected chi connectivity index (χ1v) is 10.2. The van der Waals surface area contributed by atoms with Gasteiger partial charge >= 0.3 is 0 Å². The number of hydrogen-bond donors (Lipinski definition) is 1. The van der Waals surface area contributed by atoms with E-state index >= 15 is 0 Å². The number of nitrogens with zero attached hydrogens (tertiary/aromatic N) is 6. The lowest BCUT2D eigenvalue weighted by molar-refractivity contribution is -0.115. The maximum absolute atomic E-state index is 12.7. The second-order valence-corrected chi connectivity index (χ2v) is 7.64. The number of anilines is 1. The highest BCUT2D eigenvalue weighted by Gasteiger charge is 2.13. The van der Waals surface area contributed by atoms with Gasteiger partial charge in [0, 0.05) is 41.1 Å². The highest BCUT2D eigenvalue weighted by molar-refractivity contribution is 7.15. The highest BCUT2D eigenvalue weighted by atomic mass is 32.1. The lowest BCUT2D eigenvalue weighted by Crippen LogP contribution is -2.15. The molecule has 0 aliphatic carbocycles. The van der Waals surface area contributed by atoms with Crippen LogP contribution in [0.25, 0.3) is 27.6 Å². The van der Waals surface area contributed by atoms with E-state index in [-0.39, 0.29) is 12.3 Å². The summed E-state index contributed by atoms with van der Waals surface area (Å²) in [6.45, 7) is 0. The number of aryl methyl sites for hydroxylation is 1. The van der Waals surface area contributed by atoms with E-state index in [9.17, 15) is 4.79 Å². The van der Waals surface area contributed by atoms with Crippen molar-refractivity contribution in [2.75, 3.05) is 5.32 Å². The van der Waals surface area contributed by atoms with Crippen LogP contribution in [0.15, 0.2) is 66.2 Å². The number of benzene rings is 2. The number of carbonyl (C=O) groups excluding carboxylic acids is 1. The van der Waals surface area contributed by atoms with E-state index in [2.05, 4.69) is 25.8 Å². The van der Waals surface area contributed by atoms with Crippen LogP contribution < -0.4 is 5.32 Å². The monoisotopic (exact) mass is 415 g/mol. The molecule has 2 aromatic carbocycles. The third-order valence-corrected chi connectivity index (χ3v) is 5.61. The Labute approximate surface area is 175 Å². The Morgan fingerprint density at radius 2 is 1.93 bits per heavy atom. The average Bonchev–Trinajstić information content (AvgIpc) is 3.46. The summed E-state index contributed by atoms with van der Waals surface area (Å²) in [5, 5.41) is 16.4. The predicted octanol–water partition coefficient (Wildman–Crippen LogP) is 3.43. The van der Waals surface area contributed by atoms with Crippen molar-refractivity contribution in [3.63, 3.8) is 0 Å². The number of imidazole rings is 1. The number of nitrogens with one attached hydrogen (secondary N) is 1. The molecule has 0 spiro atoms. The maximum Gasteiger partial charge on any atom is 0.230 e. The van der Waals surface area contributed by atoms with E-state index in [1.807, 2.05) is 70.6 Å². The van der Waals surface area contributed by atoms with Gasteiger partial charge < -0.3 is 5.32 Å². The van der Waals surface area contributed by atoms with Crippen molar-refractivity contribution in [3.8, 4) is 22.6 Å². The standard InChI is InChI=1S/C21H17N7OS/c1-27-20(24-25-26-27)15-8-5-9-16(10-15)22-19(29)11-17-13-30-21-23-18(12-28(17)21)14-6-3-2-4-7-14/h2-10,12-13H,11H2,1H3,(H,22,29). The Hall–Kier alpha value is -3.85. The molecule has 0 fully saturated rings. The van der Waals surface area contributed by atoms with Crippen molar-refractivity contribution in [1.29, 1.82) is 0 Å². The van der Waals surface area contributed by atoms with Gasteiger partial charge in [-0.15, -0.1) is 16.4 Å². The Kier molecular flexibility index (Phi) is 4.56. The first kappa shape index (κ1) is 18.2. The van der Waals surface area contributed by atoms with Crippen LogP contribution in [0.5, 0.6) is 0 Å². The molecule has 3 aromatic heterocycles. The van der Waals surface area contributed by atoms with Crippen molar-refractivity contribution in [2.45, 2.75) is 6.42 Å². The molecule has 0 saturated carbocycles. The summed E-state index contributed by atoms with van der Waals surface area (Å²) in [5.74, 6) is 0.537. The van der Waals surface area contributed by atoms with E-state index in [1.165, 1.54) is 11.3 Å². The van der Waals surface area contributed by atoms with E-state index in [4.69, 9.17) is 0 Å². The molecule has 30 heavy (non-hydrogen) atoms. The molecule has 0 radical (unpaired) electrons. The number of aromatic nitrogens is 6. The molecule has 3 heterocycles. The minimum atomic E-state index is -0.0992. The SMILES string of the molecule is Cn1nnnc1-c1cccc(NC(=O)Cc2csc3nc(-c4ccccc4)cn23)c1. The summed E-state index contributed by atoms with van der Waals surface area (Å²) in [4.78, 5) is 18.2. The first-order valence-electron chi connectivity index (χ1n) is 9.31. The minimum Gasteiger partial charge on any atom is -0.326 e. The Bertz CT molecular complexity index is 1340. The van der Waals surface area contributed by atoms with Crippen LogP contribution in [0, 0.1) is 0 Å². The molecular weight excluding hydrogens is 398 g/mol. The normalized spacial score (nSPS) is 11.1. The molecule has 0 aliphatic heterocycles. The van der Waals surface area contributed by atoms with E-state index in [0.29, 0.717) is 11.5 Å². The summed E-state index contributed by atoms with van der Waals surface area (Å²) in [5.41, 5.74) is 4.38. The summed E-state index contributed by atoms with van der Waals surface area (Å²) in [7, 11) is 1.78. The fourth-order valence-corrected chi connectivity index (χ4v) is 4.16. The summed E-state index contributed by atoms with van der Waals surface area (Å²) in [6, 6.07) is 17.5. The molecule has 5 rings (SSSR count). The van der Waals surface area contributed by atoms with Gasteiger partial charge in [0.2, 0.25) is 5.91 Å². The van der Waals surface area contributed by atoms with Gasteiger partial charge in [0.15, 0.2) is 10.8 Å². The van der Waals surface area contributed by atoms with Crippen LogP contribution in [-0.4, -0.2) is 35.5 Å². The Morgan fingerprint density at radius 3 is 2.73 bits per heavy atom. The van der Waals surface area contributed by atoms with Crippen LogP contribution in [0.3, 0.4) is 0 Å². The minimum absolute atomic E-state index is 0.0992. The molecule has 0 aliphatic rings. The quantitative estimate of drug-likeness (QED) is 0.475. The smallest absolute Gasteiger partial charge is 0.230 e. The average molecular weight is 415 g/mol. The molecule has 9 heteroatoms. The zero-order valence-corrected chi connectivity index (χ0v) is 16.9. The van der Waals surface area contributed by atoms with Crippen LogP contribution in [0.1, 0.15) is 5.69 Å². The van der Waals surface area contributed by atoms with Crippen LogP contribution in [0.2, 0.25) is 0 Å². The van der Waals surface area contributed by atoms with Crippen molar-refractivity contribution >= 4 is 27.9 Å². The topological polar surface area (TPSA) is 90.0 Å². The fourth-order valence-electron chi connectivity index (χ4n) is 3.28. The molecule has 0 unspecified atom stereocenters. The van der Waals surface area contributed by atoms with E-state index in [1.54, 1.807) is 11.7 Å². The van der Waals surface area contributed by atoms with Gasteiger partial charge in [0.25, 0.3) is 0 Å². The van der Waals surface area contributed by atoms with Gasteiger partial charge in [-0.3, -0.25) is 9.20 Å². The van der Waals surface area contributed by atoms with Crippen molar-refractivity contribution < 1.29 is 4.79 Å². The van der Waals surface area contributed by atoms with Gasteiger partial charge in [-0.05, 0) is 22.6 Å². The van der Waals surface area contributed by atoms with Gasteiger partial charge in [-0.2, -0.15) is 0 Å². The first-order chi connectivity index (χ1) is 14.7. The van der Waals surface area contributed by atoms with E-state index in [0.717, 1.165) is 27.5 Å². The number of hydrogen-bond acceptors (Lipinski definition) is 6. The zero-order chi connectivity index (χ0) is 20.5. The molecule has 1 amide bonds. The second kappa shape index (κ2) is 7.53. The van der Waals surface area contributed by atoms with Crippen LogP contribution in [-0.2, 0) is 18.3 Å². The van der Waals surface area contributed by atoms with E-state index < -0.39 is 0 Å². The van der Waals surface area contributed by atoms with Crippen molar-refractivity contribution in [2.24, 2.45) is 7.05 Å². The summed E-state index contributed by atoms with van der Waals surface area (Å²) >= 11 is 1.53. The second-order valence-electron chi connectivity index (χ2n) is 6.80. The fraction of sp³-hybridized carbons (Fsp3) is 0.0952. The zero-order valence-electron chi connectivity index (χ0n) is 16.1. The Morgan fingerprint density at radius 1 is 1.10 bits per heavy atom. The van der Waals surface area contributed by atoms with Crippen LogP contribution >= 0.6 is 11.3 Å². The number of thiazole rings is 1. The molecule has 1 N–H and O–H groups in total. The third-order valence-electron chi connectivity index (χ3n) is 4.72. The number of fused-ring (bicyclic) bond motifs is 1. The summed E-state index contributed by atoms with van der Waals surface area (Å²) in [6.07, 6.45) is 2.23. The number of tetrazole rings is 1. The largest absolute Gasteiger partial charge is 0.326 e. The number of rotatable bonds is 5. The van der Waals surface area contributed by atoms with Crippen LogP contribution in [0.4, 0.5) is 5.69 Å². The number of amides is 1. The van der Waals surface area contributed by atoms with Gasteiger partial charge in [0.1, 0.15) is 0 Å². The number of carbonyl (C=O) groups is 1. The van der Waals surface area contributed by atoms with Crippen molar-refractivity contribution in [1.82, 2.24) is 29.6 Å². The molecule has 0 atom stereocenters.